The van der Waals surface area contributed by atoms with Crippen LogP contribution in [0.25, 0.3) is 11.2 Å². The van der Waals surface area contributed by atoms with Gasteiger partial charge in [-0.3, -0.25) is 67.4 Å². The van der Waals surface area contributed by atoms with Gasteiger partial charge >= 0.3 is 19.6 Å². The molecule has 2 aromatic carbocycles. The number of hydrogen-bond acceptors (Lipinski definition) is 32. The monoisotopic (exact) mass is 1730 g/mol. The van der Waals surface area contributed by atoms with Gasteiger partial charge in [0.15, 0.2) is 17.4 Å². The first-order valence-electron chi connectivity index (χ1n) is 37.6. The van der Waals surface area contributed by atoms with Gasteiger partial charge in [0.1, 0.15) is 62.0 Å². The number of methoxy groups -OCH3 is 1. The second-order valence-corrected chi connectivity index (χ2v) is 32.9. The largest absolute Gasteiger partial charge is 0.474 e. The van der Waals surface area contributed by atoms with Crippen molar-refractivity contribution in [2.45, 2.75) is 108 Å². The molecule has 0 radical (unpaired) electrons. The van der Waals surface area contributed by atoms with Crippen LogP contribution >= 0.6 is 25.8 Å². The highest BCUT2D eigenvalue weighted by atomic mass is 32.7. The van der Waals surface area contributed by atoms with Crippen molar-refractivity contribution in [3.05, 3.63) is 113 Å². The summed E-state index contributed by atoms with van der Waals surface area (Å²) >= 11 is 9.63. The number of ether oxygens (including phenoxy) is 11. The van der Waals surface area contributed by atoms with Crippen molar-refractivity contribution < 1.29 is 128 Å². The number of imide groups is 1. The van der Waals surface area contributed by atoms with E-state index in [-0.39, 0.29) is 99.7 Å². The summed E-state index contributed by atoms with van der Waals surface area (Å²) in [6.45, 7) is -0.995. The Morgan fingerprint density at radius 2 is 1.37 bits per heavy atom. The van der Waals surface area contributed by atoms with Gasteiger partial charge in [0, 0.05) is 81.7 Å². The molecule has 2 bridgehead atoms. The second-order valence-electron chi connectivity index (χ2n) is 27.3. The Hall–Kier alpha value is -8.73. The van der Waals surface area contributed by atoms with E-state index in [0.717, 1.165) is 18.5 Å². The van der Waals surface area contributed by atoms with Crippen LogP contribution in [-0.2, 0) is 129 Å². The minimum Gasteiger partial charge on any atom is -0.474 e. The predicted molar refractivity (Wildman–Crippen MR) is 421 cm³/mol. The molecule has 9 amide bonds. The van der Waals surface area contributed by atoms with Crippen LogP contribution in [0.1, 0.15) is 67.7 Å². The van der Waals surface area contributed by atoms with Gasteiger partial charge in [0.2, 0.25) is 41.4 Å². The van der Waals surface area contributed by atoms with Crippen molar-refractivity contribution in [2.24, 2.45) is 11.8 Å². The molecule has 3 aromatic heterocycles. The number of benzene rings is 2. The molecule has 3 fully saturated rings. The summed E-state index contributed by atoms with van der Waals surface area (Å²) in [5, 5.41) is 27.1. The van der Waals surface area contributed by atoms with Crippen molar-refractivity contribution in [3.63, 3.8) is 0 Å². The number of fused-ring (bicyclic) bond motifs is 4. The first-order chi connectivity index (χ1) is 56.6. The molecule has 2 unspecified atom stereocenters. The maximum atomic E-state index is 14.1. The summed E-state index contributed by atoms with van der Waals surface area (Å²) in [5.41, 5.74) is -0.0839. The number of hydrogen-bond donors (Lipinski definition) is 10. The SMILES string of the molecule is COCCOCCOCCOCCOCCOCCOCCOCCC(=O)NC[C@H](NC(=O)CN1C(=O)C=CC1=O)C(=O)N[C@H](C(=O)N[C@@H](C)C(=O)Nc1ccc(COC(=O)N(C)Cc2ccccc2C(=O)Nc2nc3c(ncn3[C@@H]3O[C@@H]4COP(O)(=S)O[C@H]5C[C@H](Oc6ccncn6)C[C@@H]5COP(=O)(S)O[C@@H]3[C@@H]4O)c(=O)[nH]2)cc1)C(C)C. The molecule has 46 heteroatoms. The molecule has 42 nitrogen and oxygen atoms in total. The van der Waals surface area contributed by atoms with Crippen LogP contribution in [0.15, 0.2) is 90.4 Å². The van der Waals surface area contributed by atoms with E-state index in [2.05, 4.69) is 69.1 Å². The number of carbonyl (C=O) groups is 9. The van der Waals surface area contributed by atoms with Crippen LogP contribution in [0, 0.1) is 11.8 Å². The number of imidazole rings is 1. The van der Waals surface area contributed by atoms with Gasteiger partial charge in [-0.1, -0.05) is 56.4 Å². The van der Waals surface area contributed by atoms with Crippen LogP contribution in [0.5, 0.6) is 5.88 Å². The molecule has 5 aromatic rings. The summed E-state index contributed by atoms with van der Waals surface area (Å²) < 4.78 is 99.5. The molecule has 4 aliphatic rings. The minimum atomic E-state index is -4.40. The summed E-state index contributed by atoms with van der Waals surface area (Å²) in [5.74, 6) is -7.43. The van der Waals surface area contributed by atoms with Gasteiger partial charge < -0.3 is 107 Å². The van der Waals surface area contributed by atoms with Crippen LogP contribution in [-0.4, -0.2) is 291 Å². The van der Waals surface area contributed by atoms with Gasteiger partial charge in [-0.15, -0.1) is 0 Å². The number of aromatic amines is 1. The lowest BCUT2D eigenvalue weighted by molar-refractivity contribution is -0.141. The topological polar surface area (TPSA) is 518 Å². The maximum Gasteiger partial charge on any atom is 0.410 e. The summed E-state index contributed by atoms with van der Waals surface area (Å²) in [7, 11) is 3.04. The zero-order valence-electron chi connectivity index (χ0n) is 65.3. The summed E-state index contributed by atoms with van der Waals surface area (Å²) in [4.78, 5) is 165. The number of carbonyl (C=O) groups excluding carboxylic acids is 9. The summed E-state index contributed by atoms with van der Waals surface area (Å²) in [6, 6.07) is 9.99. The van der Waals surface area contributed by atoms with E-state index in [4.69, 9.17) is 82.0 Å². The van der Waals surface area contributed by atoms with E-state index in [1.807, 2.05) is 0 Å². The number of nitrogens with zero attached hydrogens (tertiary/aromatic N) is 7. The molecule has 12 atom stereocenters. The number of aliphatic hydroxyl groups is 1. The highest BCUT2D eigenvalue weighted by Crippen LogP contribution is 2.59. The molecule has 2 saturated heterocycles. The van der Waals surface area contributed by atoms with Crippen LogP contribution in [0.4, 0.5) is 16.4 Å². The Kier molecular flexibility index (Phi) is 36.9. The van der Waals surface area contributed by atoms with Crippen molar-refractivity contribution in [1.29, 1.82) is 0 Å². The Morgan fingerprint density at radius 3 is 2.00 bits per heavy atom. The van der Waals surface area contributed by atoms with Gasteiger partial charge in [0.05, 0.1) is 125 Å². The number of rotatable bonds is 45. The fourth-order valence-corrected chi connectivity index (χ4v) is 15.0. The number of aromatic nitrogens is 6. The molecular weight excluding hydrogens is 1630 g/mol. The molecule has 1 aliphatic carbocycles. The molecule has 0 spiro atoms. The van der Waals surface area contributed by atoms with Crippen molar-refractivity contribution >= 4 is 114 Å². The maximum absolute atomic E-state index is 14.1. The van der Waals surface area contributed by atoms with E-state index in [9.17, 15) is 62.5 Å². The number of amides is 9. The average Bonchev–Trinajstić information content (AvgIpc) is 1.61. The molecule has 3 aliphatic heterocycles. The quantitative estimate of drug-likeness (QED) is 0.0114. The fourth-order valence-electron chi connectivity index (χ4n) is 12.0. The third-order valence-electron chi connectivity index (χ3n) is 18.1. The predicted octanol–water partition coefficient (Wildman–Crippen LogP) is 1.38. The molecule has 118 heavy (non-hydrogen) atoms. The van der Waals surface area contributed by atoms with Gasteiger partial charge in [-0.2, -0.15) is 4.98 Å². The Balaban J connectivity index is 0.699. The van der Waals surface area contributed by atoms with Crippen LogP contribution in [0.3, 0.4) is 0 Å². The third kappa shape index (κ3) is 29.3. The van der Waals surface area contributed by atoms with Gasteiger partial charge in [-0.05, 0) is 60.4 Å². The number of anilines is 2. The van der Waals surface area contributed by atoms with Crippen molar-refractivity contribution in [3.8, 4) is 5.88 Å². The molecular formula is C72H98N14O28P2S2. The number of thiol groups is 1. The van der Waals surface area contributed by atoms with E-state index in [1.165, 1.54) is 54.2 Å². The smallest absolute Gasteiger partial charge is 0.410 e. The highest BCUT2D eigenvalue weighted by Gasteiger charge is 2.51. The Labute approximate surface area is 687 Å². The van der Waals surface area contributed by atoms with E-state index in [0.29, 0.717) is 88.7 Å². The third-order valence-corrected chi connectivity index (χ3v) is 21.3. The number of nitrogens with one attached hydrogen (secondary N) is 7. The lowest BCUT2D eigenvalue weighted by Crippen LogP contribution is -2.60. The molecule has 6 heterocycles. The minimum absolute atomic E-state index is 0.0330. The zero-order chi connectivity index (χ0) is 84.7. The van der Waals surface area contributed by atoms with E-state index in [1.54, 1.807) is 57.4 Å². The van der Waals surface area contributed by atoms with E-state index >= 15 is 0 Å². The Morgan fingerprint density at radius 1 is 0.737 bits per heavy atom. The molecule has 1 saturated carbocycles. The fraction of sp³-hybridized carbons (Fsp3) is 0.556. The van der Waals surface area contributed by atoms with Crippen molar-refractivity contribution in [1.82, 2.24) is 60.6 Å². The molecule has 9 N–H and O–H groups in total. The Bertz CT molecular complexity index is 4370. The van der Waals surface area contributed by atoms with Crippen LogP contribution < -0.4 is 42.2 Å². The van der Waals surface area contributed by atoms with Gasteiger partial charge in [-0.25, -0.2) is 24.3 Å². The van der Waals surface area contributed by atoms with Crippen LogP contribution in [0.2, 0.25) is 0 Å². The zero-order valence-corrected chi connectivity index (χ0v) is 68.8. The lowest BCUT2D eigenvalue weighted by atomic mass is 10.0. The normalized spacial score (nSPS) is 22.0. The number of aliphatic hydroxyl groups excluding tert-OH is 1. The van der Waals surface area contributed by atoms with Crippen molar-refractivity contribution in [2.75, 3.05) is 150 Å². The number of H-pyrrole nitrogens is 1. The standard InChI is InChI=1S/C72H98N14O28P2S2/c1-44(2)60(80-67(94)52(79-56(88)38-85-58(89)14-15-59(85)90)36-74-55(87)17-19-101-22-23-103-26-27-105-30-31-107-33-32-106-29-28-104-25-24-102-21-20-100-5)68(95)77-45(3)65(92)78-49-12-10-46(11-13-49)39-108-72(97)84(4)37-47-8-6-7-9-51(47)66(93)82-71-81-64-61(69(96)83-71)76-43-86(64)70-63-62(91)54(112-70)41-110-115(98,117)113-53-35-50(111-57-16-18-73-42-75-57)34-48(53)40-109-116(99,118)114-63/h6-16,18,42-45,48,50,52-54,60,62-63,70,91H,17,19-41H2,1-5H3,(H,74,87)(H,77,95)(H,78,92)(H,79,88)(H,80,94)(H,98,117)(H,99,118)(H2,81,82,83,93,96)/t45-,48+,50+,52-,53-,54+,60-,62+,63+,70+,115?,116?/m0/s1. The van der Waals surface area contributed by atoms with Gasteiger partial charge in [0.25, 0.3) is 23.3 Å². The average molecular weight is 1730 g/mol. The lowest BCUT2D eigenvalue weighted by Gasteiger charge is -2.27. The summed E-state index contributed by atoms with van der Waals surface area (Å²) in [6.07, 6.45) is -1.91. The first-order valence-corrected chi connectivity index (χ1v) is 42.9. The molecule has 9 rings (SSSR count). The highest BCUT2D eigenvalue weighted by molar-refractivity contribution is 8.44. The molecule has 646 valence electrons. The first kappa shape index (κ1) is 93.1. The second kappa shape index (κ2) is 46.7. The van der Waals surface area contributed by atoms with E-state index < -0.39 is 159 Å².